The molecule has 0 aliphatic rings. The van der Waals surface area contributed by atoms with Crippen molar-refractivity contribution in [2.75, 3.05) is 0 Å². The number of nitrogens with two attached hydrogens (primary N) is 1. The second kappa shape index (κ2) is 2.53. The molecule has 0 bridgehead atoms. The van der Waals surface area contributed by atoms with Gasteiger partial charge in [-0.15, -0.1) is 0 Å². The molecule has 0 atom stereocenters. The minimum absolute atomic E-state index is 0.139. The number of rotatable bonds is 2. The second-order valence-electron chi connectivity index (χ2n) is 2.05. The predicted molar refractivity (Wildman–Crippen MR) is 37.1 cm³/mol. The van der Waals surface area contributed by atoms with E-state index in [1.54, 1.807) is 7.05 Å². The summed E-state index contributed by atoms with van der Waals surface area (Å²) in [4.78, 5) is 20.9. The van der Waals surface area contributed by atoms with Crippen molar-refractivity contribution >= 4 is 12.2 Å². The largest absolute Gasteiger partial charge is 0.364 e. The third-order valence-corrected chi connectivity index (χ3v) is 1.33. The van der Waals surface area contributed by atoms with Gasteiger partial charge >= 0.3 is 0 Å². The number of aryl methyl sites for hydroxylation is 1. The summed E-state index contributed by atoms with van der Waals surface area (Å²) in [5.41, 5.74) is 5.34. The van der Waals surface area contributed by atoms with Gasteiger partial charge in [0.2, 0.25) is 0 Å². The van der Waals surface area contributed by atoms with Crippen LogP contribution in [-0.4, -0.2) is 22.0 Å². The van der Waals surface area contributed by atoms with Crippen LogP contribution in [0.3, 0.4) is 0 Å². The zero-order valence-corrected chi connectivity index (χ0v) is 5.94. The fraction of sp³-hybridized carbons (Fsp3) is 0.167. The fourth-order valence-electron chi connectivity index (χ4n) is 0.842. The van der Waals surface area contributed by atoms with Crippen molar-refractivity contribution in [2.24, 2.45) is 12.8 Å². The number of nitrogens with zero attached hydrogens (tertiary/aromatic N) is 2. The predicted octanol–water partition coefficient (Wildman–Crippen LogP) is -0.668. The number of hydrogen-bond donors (Lipinski definition) is 1. The lowest BCUT2D eigenvalue weighted by Crippen LogP contribution is -2.17. The van der Waals surface area contributed by atoms with E-state index in [9.17, 15) is 9.59 Å². The van der Waals surface area contributed by atoms with Crippen molar-refractivity contribution in [1.82, 2.24) is 9.78 Å². The first-order valence-corrected chi connectivity index (χ1v) is 2.93. The molecule has 58 valence electrons. The Kier molecular flexibility index (Phi) is 1.72. The van der Waals surface area contributed by atoms with E-state index in [1.807, 2.05) is 0 Å². The van der Waals surface area contributed by atoms with Crippen LogP contribution in [0.2, 0.25) is 0 Å². The Hall–Kier alpha value is -1.65. The summed E-state index contributed by atoms with van der Waals surface area (Å²) in [6.07, 6.45) is 1.85. The van der Waals surface area contributed by atoms with E-state index in [1.165, 1.54) is 10.9 Å². The van der Waals surface area contributed by atoms with Gasteiger partial charge in [0.1, 0.15) is 5.69 Å². The second-order valence-corrected chi connectivity index (χ2v) is 2.05. The average Bonchev–Trinajstić information content (AvgIpc) is 2.30. The Labute approximate surface area is 62.8 Å². The van der Waals surface area contributed by atoms with Crippen molar-refractivity contribution in [2.45, 2.75) is 0 Å². The van der Waals surface area contributed by atoms with E-state index in [-0.39, 0.29) is 11.3 Å². The van der Waals surface area contributed by atoms with Crippen molar-refractivity contribution in [1.29, 1.82) is 0 Å². The molecule has 5 heteroatoms. The van der Waals surface area contributed by atoms with Crippen molar-refractivity contribution in [3.8, 4) is 0 Å². The highest BCUT2D eigenvalue weighted by atomic mass is 16.1. The standard InChI is InChI=1S/C6H7N3O2/c1-9-5(6(7)11)4(3-10)2-8-9/h2-3H,1H3,(H2,7,11). The highest BCUT2D eigenvalue weighted by Gasteiger charge is 2.11. The number of carbonyl (C=O) groups is 2. The lowest BCUT2D eigenvalue weighted by Gasteiger charge is -1.94. The van der Waals surface area contributed by atoms with Gasteiger partial charge in [-0.3, -0.25) is 14.3 Å². The van der Waals surface area contributed by atoms with Gasteiger partial charge in [-0.05, 0) is 0 Å². The smallest absolute Gasteiger partial charge is 0.267 e. The Morgan fingerprint density at radius 3 is 2.82 bits per heavy atom. The van der Waals surface area contributed by atoms with Crippen LogP contribution in [0, 0.1) is 0 Å². The van der Waals surface area contributed by atoms with Gasteiger partial charge in [0.05, 0.1) is 11.8 Å². The summed E-state index contributed by atoms with van der Waals surface area (Å²) in [5.74, 6) is -0.646. The van der Waals surface area contributed by atoms with Crippen LogP contribution in [0.15, 0.2) is 6.20 Å². The van der Waals surface area contributed by atoms with E-state index in [2.05, 4.69) is 5.10 Å². The highest BCUT2D eigenvalue weighted by molar-refractivity contribution is 5.98. The number of primary amides is 1. The Morgan fingerprint density at radius 2 is 2.45 bits per heavy atom. The zero-order valence-electron chi connectivity index (χ0n) is 5.94. The van der Waals surface area contributed by atoms with Gasteiger partial charge in [-0.1, -0.05) is 0 Å². The summed E-state index contributed by atoms with van der Waals surface area (Å²) in [6, 6.07) is 0. The van der Waals surface area contributed by atoms with Gasteiger partial charge in [-0.25, -0.2) is 0 Å². The summed E-state index contributed by atoms with van der Waals surface area (Å²) < 4.78 is 1.27. The SMILES string of the molecule is Cn1ncc(C=O)c1C(N)=O. The molecule has 0 spiro atoms. The monoisotopic (exact) mass is 153 g/mol. The van der Waals surface area contributed by atoms with Gasteiger partial charge in [0.15, 0.2) is 6.29 Å². The van der Waals surface area contributed by atoms with E-state index >= 15 is 0 Å². The summed E-state index contributed by atoms with van der Waals surface area (Å²) in [6.45, 7) is 0. The Bertz CT molecular complexity index is 303. The summed E-state index contributed by atoms with van der Waals surface area (Å²) in [7, 11) is 1.55. The van der Waals surface area contributed by atoms with E-state index in [4.69, 9.17) is 5.73 Å². The third kappa shape index (κ3) is 1.12. The number of hydrogen-bond acceptors (Lipinski definition) is 3. The first-order chi connectivity index (χ1) is 5.16. The molecule has 0 fully saturated rings. The average molecular weight is 153 g/mol. The molecule has 1 aromatic rings. The summed E-state index contributed by atoms with van der Waals surface area (Å²) in [5, 5.41) is 3.69. The van der Waals surface area contributed by atoms with Crippen molar-refractivity contribution in [3.63, 3.8) is 0 Å². The van der Waals surface area contributed by atoms with Gasteiger partial charge in [0.25, 0.3) is 5.91 Å². The van der Waals surface area contributed by atoms with Crippen LogP contribution >= 0.6 is 0 Å². The molecule has 1 aromatic heterocycles. The van der Waals surface area contributed by atoms with Crippen molar-refractivity contribution < 1.29 is 9.59 Å². The zero-order chi connectivity index (χ0) is 8.43. The van der Waals surface area contributed by atoms with Crippen molar-refractivity contribution in [3.05, 3.63) is 17.5 Å². The van der Waals surface area contributed by atoms with E-state index in [0.717, 1.165) is 0 Å². The van der Waals surface area contributed by atoms with Gasteiger partial charge in [-0.2, -0.15) is 5.10 Å². The summed E-state index contributed by atoms with van der Waals surface area (Å²) >= 11 is 0. The van der Waals surface area contributed by atoms with E-state index < -0.39 is 5.91 Å². The maximum absolute atomic E-state index is 10.7. The molecule has 1 amide bonds. The maximum Gasteiger partial charge on any atom is 0.267 e. The normalized spacial score (nSPS) is 9.55. The van der Waals surface area contributed by atoms with Crippen LogP contribution in [0.5, 0.6) is 0 Å². The molecule has 0 aliphatic carbocycles. The quantitative estimate of drug-likeness (QED) is 0.572. The molecule has 1 rings (SSSR count). The van der Waals surface area contributed by atoms with Crippen LogP contribution in [0.1, 0.15) is 20.8 Å². The number of amides is 1. The Balaban J connectivity index is 3.28. The topological polar surface area (TPSA) is 78.0 Å². The number of aromatic nitrogens is 2. The molecule has 2 N–H and O–H groups in total. The molecule has 0 saturated heterocycles. The van der Waals surface area contributed by atoms with E-state index in [0.29, 0.717) is 6.29 Å². The molecule has 5 nitrogen and oxygen atoms in total. The van der Waals surface area contributed by atoms with Crippen LogP contribution in [0.25, 0.3) is 0 Å². The first kappa shape index (κ1) is 7.46. The maximum atomic E-state index is 10.7. The molecular weight excluding hydrogens is 146 g/mol. The lowest BCUT2D eigenvalue weighted by atomic mass is 10.2. The van der Waals surface area contributed by atoms with Gasteiger partial charge < -0.3 is 5.73 Å². The third-order valence-electron chi connectivity index (χ3n) is 1.33. The lowest BCUT2D eigenvalue weighted by molar-refractivity contribution is 0.0984. The Morgan fingerprint density at radius 1 is 1.82 bits per heavy atom. The molecule has 0 saturated carbocycles. The molecule has 0 unspecified atom stereocenters. The molecule has 0 aliphatic heterocycles. The molecule has 0 aromatic carbocycles. The molecular formula is C6H7N3O2. The number of aldehydes is 1. The minimum atomic E-state index is -0.646. The van der Waals surface area contributed by atoms with Crippen LogP contribution in [0.4, 0.5) is 0 Å². The van der Waals surface area contributed by atoms with Crippen LogP contribution < -0.4 is 5.73 Å². The fourth-order valence-corrected chi connectivity index (χ4v) is 0.842. The number of carbonyl (C=O) groups excluding carboxylic acids is 2. The minimum Gasteiger partial charge on any atom is -0.364 e. The van der Waals surface area contributed by atoms with Crippen LogP contribution in [-0.2, 0) is 7.05 Å². The first-order valence-electron chi connectivity index (χ1n) is 2.93. The highest BCUT2D eigenvalue weighted by Crippen LogP contribution is 2.02. The van der Waals surface area contributed by atoms with Gasteiger partial charge in [0, 0.05) is 7.05 Å². The molecule has 11 heavy (non-hydrogen) atoms. The molecule has 1 heterocycles. The molecule has 0 radical (unpaired) electrons.